The smallest absolute Gasteiger partial charge is 0.170 e. The van der Waals surface area contributed by atoms with Crippen LogP contribution >= 0.6 is 0 Å². The van der Waals surface area contributed by atoms with Crippen LogP contribution in [0.4, 0.5) is 5.82 Å². The number of hydrogen-bond donors (Lipinski definition) is 1. The Morgan fingerprint density at radius 1 is 1.10 bits per heavy atom. The SMILES string of the molecule is CN(C)CCNc1cc(C(=O)Cc2ncc3ccc(-c4cnn(C)c4)cc3n2)ccn1. The standard InChI is InChI=1S/C23H25N7O/c1-29(2)9-8-25-22-11-17(6-7-24-22)21(31)12-23-26-13-18-5-4-16(10-20(18)28-23)19-14-27-30(3)15-19/h4-7,10-11,13-15H,8-9,12H2,1-3H3,(H,24,25). The molecule has 0 atom stereocenters. The zero-order valence-corrected chi connectivity index (χ0v) is 17.9. The zero-order valence-electron chi connectivity index (χ0n) is 17.9. The van der Waals surface area contributed by atoms with Crippen molar-refractivity contribution in [1.29, 1.82) is 0 Å². The maximum atomic E-state index is 12.8. The van der Waals surface area contributed by atoms with E-state index in [0.717, 1.165) is 35.1 Å². The summed E-state index contributed by atoms with van der Waals surface area (Å²) in [5, 5.41) is 8.39. The molecule has 1 N–H and O–H groups in total. The summed E-state index contributed by atoms with van der Waals surface area (Å²) in [4.78, 5) is 28.2. The van der Waals surface area contributed by atoms with Crippen molar-refractivity contribution in [2.45, 2.75) is 6.42 Å². The fraction of sp³-hybridized carbons (Fsp3) is 0.261. The highest BCUT2D eigenvalue weighted by molar-refractivity contribution is 5.97. The molecular formula is C23H25N7O. The van der Waals surface area contributed by atoms with Gasteiger partial charge in [-0.25, -0.2) is 15.0 Å². The normalized spacial score (nSPS) is 11.2. The third-order valence-corrected chi connectivity index (χ3v) is 4.94. The van der Waals surface area contributed by atoms with Crippen molar-refractivity contribution in [3.63, 3.8) is 0 Å². The first-order valence-electron chi connectivity index (χ1n) is 10.1. The van der Waals surface area contributed by atoms with Crippen LogP contribution in [-0.2, 0) is 13.5 Å². The lowest BCUT2D eigenvalue weighted by Crippen LogP contribution is -2.21. The van der Waals surface area contributed by atoms with Gasteiger partial charge in [0.25, 0.3) is 0 Å². The molecule has 0 unspecified atom stereocenters. The van der Waals surface area contributed by atoms with E-state index in [2.05, 4.69) is 30.3 Å². The Kier molecular flexibility index (Phi) is 5.99. The van der Waals surface area contributed by atoms with E-state index in [0.29, 0.717) is 17.2 Å². The number of pyridine rings is 1. The first-order valence-corrected chi connectivity index (χ1v) is 10.1. The molecule has 0 aliphatic heterocycles. The number of fused-ring (bicyclic) bond motifs is 1. The molecule has 0 amide bonds. The topological polar surface area (TPSA) is 88.8 Å². The van der Waals surface area contributed by atoms with Crippen molar-refractivity contribution in [2.75, 3.05) is 32.5 Å². The van der Waals surface area contributed by atoms with Crippen LogP contribution in [0.25, 0.3) is 22.0 Å². The van der Waals surface area contributed by atoms with Gasteiger partial charge in [0.15, 0.2) is 5.78 Å². The Hall–Kier alpha value is -3.65. The van der Waals surface area contributed by atoms with E-state index in [1.165, 1.54) is 0 Å². The number of anilines is 1. The summed E-state index contributed by atoms with van der Waals surface area (Å²) in [6.45, 7) is 1.64. The summed E-state index contributed by atoms with van der Waals surface area (Å²) in [5.41, 5.74) is 3.45. The zero-order chi connectivity index (χ0) is 21.8. The van der Waals surface area contributed by atoms with Crippen molar-refractivity contribution in [1.82, 2.24) is 29.6 Å². The second-order valence-electron chi connectivity index (χ2n) is 7.72. The summed E-state index contributed by atoms with van der Waals surface area (Å²) in [6, 6.07) is 9.51. The number of benzene rings is 1. The third kappa shape index (κ3) is 5.10. The number of carbonyl (C=O) groups excluding carboxylic acids is 1. The molecule has 8 heteroatoms. The van der Waals surface area contributed by atoms with Crippen LogP contribution in [0.15, 0.2) is 55.1 Å². The maximum Gasteiger partial charge on any atom is 0.170 e. The Morgan fingerprint density at radius 3 is 2.74 bits per heavy atom. The van der Waals surface area contributed by atoms with E-state index in [-0.39, 0.29) is 12.2 Å². The minimum absolute atomic E-state index is 0.0409. The van der Waals surface area contributed by atoms with Gasteiger partial charge in [0.05, 0.1) is 18.1 Å². The summed E-state index contributed by atoms with van der Waals surface area (Å²) in [5.74, 6) is 1.15. The fourth-order valence-electron chi connectivity index (χ4n) is 3.25. The monoisotopic (exact) mass is 415 g/mol. The number of hydrogen-bond acceptors (Lipinski definition) is 7. The van der Waals surface area contributed by atoms with E-state index in [4.69, 9.17) is 0 Å². The molecule has 0 saturated heterocycles. The molecule has 8 nitrogen and oxygen atoms in total. The Morgan fingerprint density at radius 2 is 1.97 bits per heavy atom. The number of rotatable bonds is 8. The number of aromatic nitrogens is 5. The van der Waals surface area contributed by atoms with Crippen molar-refractivity contribution < 1.29 is 4.79 Å². The van der Waals surface area contributed by atoms with E-state index in [1.54, 1.807) is 29.2 Å². The Bertz CT molecular complexity index is 1220. The minimum atomic E-state index is -0.0409. The Labute approximate surface area is 181 Å². The van der Waals surface area contributed by atoms with Gasteiger partial charge in [-0.3, -0.25) is 9.48 Å². The number of Topliss-reactive ketones (excluding diaryl/α,β-unsaturated/α-hetero) is 1. The van der Waals surface area contributed by atoms with Gasteiger partial charge in [-0.15, -0.1) is 0 Å². The second kappa shape index (κ2) is 9.01. The number of likely N-dealkylation sites (N-methyl/N-ethyl adjacent to an activating group) is 1. The van der Waals surface area contributed by atoms with Crippen LogP contribution in [0.3, 0.4) is 0 Å². The van der Waals surface area contributed by atoms with Crippen LogP contribution in [-0.4, -0.2) is 62.6 Å². The highest BCUT2D eigenvalue weighted by Gasteiger charge is 2.12. The van der Waals surface area contributed by atoms with Gasteiger partial charge < -0.3 is 10.2 Å². The molecule has 158 valence electrons. The molecule has 4 aromatic rings. The molecule has 0 aliphatic carbocycles. The molecular weight excluding hydrogens is 390 g/mol. The predicted octanol–water partition coefficient (Wildman–Crippen LogP) is 2.82. The lowest BCUT2D eigenvalue weighted by Gasteiger charge is -2.11. The number of nitrogens with zero attached hydrogens (tertiary/aromatic N) is 6. The number of ketones is 1. The van der Waals surface area contributed by atoms with E-state index in [1.807, 2.05) is 51.7 Å². The van der Waals surface area contributed by atoms with Crippen molar-refractivity contribution in [2.24, 2.45) is 7.05 Å². The molecule has 0 bridgehead atoms. The summed E-state index contributed by atoms with van der Waals surface area (Å²) >= 11 is 0. The molecule has 31 heavy (non-hydrogen) atoms. The van der Waals surface area contributed by atoms with E-state index >= 15 is 0 Å². The van der Waals surface area contributed by atoms with Crippen molar-refractivity contribution in [3.8, 4) is 11.1 Å². The van der Waals surface area contributed by atoms with Crippen molar-refractivity contribution >= 4 is 22.5 Å². The van der Waals surface area contributed by atoms with Gasteiger partial charge in [-0.2, -0.15) is 5.10 Å². The van der Waals surface area contributed by atoms with Crippen LogP contribution in [0.1, 0.15) is 16.2 Å². The van der Waals surface area contributed by atoms with Crippen LogP contribution in [0.2, 0.25) is 0 Å². The van der Waals surface area contributed by atoms with Gasteiger partial charge in [-0.05, 0) is 37.9 Å². The average Bonchev–Trinajstić information content (AvgIpc) is 3.19. The lowest BCUT2D eigenvalue weighted by atomic mass is 10.1. The summed E-state index contributed by atoms with van der Waals surface area (Å²) < 4.78 is 1.77. The highest BCUT2D eigenvalue weighted by atomic mass is 16.1. The molecule has 4 rings (SSSR count). The van der Waals surface area contributed by atoms with E-state index in [9.17, 15) is 4.79 Å². The van der Waals surface area contributed by atoms with Crippen LogP contribution in [0.5, 0.6) is 0 Å². The second-order valence-corrected chi connectivity index (χ2v) is 7.72. The van der Waals surface area contributed by atoms with Gasteiger partial charge in [0, 0.05) is 55.2 Å². The quantitative estimate of drug-likeness (QED) is 0.443. The number of aryl methyl sites for hydroxylation is 1. The highest BCUT2D eigenvalue weighted by Crippen LogP contribution is 2.23. The molecule has 0 radical (unpaired) electrons. The maximum absolute atomic E-state index is 12.8. The summed E-state index contributed by atoms with van der Waals surface area (Å²) in [6.07, 6.45) is 7.32. The average molecular weight is 416 g/mol. The molecule has 3 aromatic heterocycles. The minimum Gasteiger partial charge on any atom is -0.369 e. The van der Waals surface area contributed by atoms with Gasteiger partial charge in [-0.1, -0.05) is 12.1 Å². The van der Waals surface area contributed by atoms with Gasteiger partial charge >= 0.3 is 0 Å². The molecule has 1 aromatic carbocycles. The van der Waals surface area contributed by atoms with Crippen LogP contribution < -0.4 is 5.32 Å². The predicted molar refractivity (Wildman–Crippen MR) is 121 cm³/mol. The molecule has 3 heterocycles. The first kappa shape index (κ1) is 20.6. The molecule has 0 saturated carbocycles. The Balaban J connectivity index is 1.50. The summed E-state index contributed by atoms with van der Waals surface area (Å²) in [7, 11) is 5.91. The van der Waals surface area contributed by atoms with Crippen molar-refractivity contribution in [3.05, 3.63) is 66.5 Å². The first-order chi connectivity index (χ1) is 15.0. The largest absolute Gasteiger partial charge is 0.369 e. The van der Waals surface area contributed by atoms with E-state index < -0.39 is 0 Å². The fourth-order valence-corrected chi connectivity index (χ4v) is 3.25. The molecule has 0 fully saturated rings. The molecule has 0 spiro atoms. The number of carbonyl (C=O) groups is 1. The van der Waals surface area contributed by atoms with Gasteiger partial charge in [0.2, 0.25) is 0 Å². The molecule has 0 aliphatic rings. The third-order valence-electron chi connectivity index (χ3n) is 4.94. The lowest BCUT2D eigenvalue weighted by molar-refractivity contribution is 0.0991. The van der Waals surface area contributed by atoms with Gasteiger partial charge in [0.1, 0.15) is 11.6 Å². The van der Waals surface area contributed by atoms with Crippen LogP contribution in [0, 0.1) is 0 Å². The number of nitrogens with one attached hydrogen (secondary N) is 1.